The van der Waals surface area contributed by atoms with Gasteiger partial charge in [0.15, 0.2) is 0 Å². The lowest BCUT2D eigenvalue weighted by molar-refractivity contribution is -0.162. The van der Waals surface area contributed by atoms with Crippen molar-refractivity contribution in [3.05, 3.63) is 89.5 Å². The van der Waals surface area contributed by atoms with E-state index in [1.54, 1.807) is 36.4 Å². The monoisotopic (exact) mass is 691 g/mol. The molecule has 0 unspecified atom stereocenters. The Balaban J connectivity index is 1.44. The molecule has 49 heavy (non-hydrogen) atoms. The maximum Gasteiger partial charge on any atom is 0.313 e. The van der Waals surface area contributed by atoms with Crippen molar-refractivity contribution < 1.29 is 38.5 Å². The molecule has 2 fully saturated rings. The summed E-state index contributed by atoms with van der Waals surface area (Å²) in [6.07, 6.45) is 7.69. The number of hydrogen-bond acceptors (Lipinski definition) is 8. The summed E-state index contributed by atoms with van der Waals surface area (Å²) in [6.45, 7) is 0.438. The zero-order valence-corrected chi connectivity index (χ0v) is 28.2. The molecule has 0 aliphatic carbocycles. The lowest BCUT2D eigenvalue weighted by Crippen LogP contribution is -2.56. The van der Waals surface area contributed by atoms with Gasteiger partial charge in [0.1, 0.15) is 23.7 Å². The molecule has 6 rings (SSSR count). The molecule has 2 aromatic rings. The highest BCUT2D eigenvalue weighted by Gasteiger charge is 2.73. The summed E-state index contributed by atoms with van der Waals surface area (Å²) < 4.78 is 18.3. The number of aliphatic hydroxyl groups is 1. The number of unbranched alkanes of at least 4 members (excludes halogenated alkanes) is 2. The van der Waals surface area contributed by atoms with Crippen LogP contribution in [-0.2, 0) is 33.4 Å². The first-order valence-corrected chi connectivity index (χ1v) is 17.2. The Bertz CT molecular complexity index is 1600. The van der Waals surface area contributed by atoms with Gasteiger partial charge in [-0.25, -0.2) is 0 Å². The maximum absolute atomic E-state index is 14.9. The first-order valence-electron chi connectivity index (χ1n) is 16.8. The van der Waals surface area contributed by atoms with E-state index in [4.69, 9.17) is 25.8 Å². The number of likely N-dealkylation sites (tertiary alicyclic amines) is 1. The highest BCUT2D eigenvalue weighted by molar-refractivity contribution is 6.34. The van der Waals surface area contributed by atoms with Crippen LogP contribution in [0.5, 0.6) is 0 Å². The number of nitrogens with one attached hydrogen (secondary N) is 1. The molecule has 1 spiro atoms. The SMILES string of the molecule is COC[C@H]1NC(=O)CC/C=C\CN(c2ccccc2Cl)C(=O)[C@@H]2N(CCCCCO)C(=O)[C@H]3[C@H](C(=O)O[C@@H]1c1ccccc1)[C@@H]1C=C[C@]23O1. The van der Waals surface area contributed by atoms with Crippen LogP contribution in [0.15, 0.2) is 78.9 Å². The van der Waals surface area contributed by atoms with Crippen molar-refractivity contribution in [2.45, 2.75) is 62.0 Å². The number of carbonyl (C=O) groups is 4. The number of carbonyl (C=O) groups excluding carboxylic acids is 4. The quantitative estimate of drug-likeness (QED) is 0.231. The topological polar surface area (TPSA) is 135 Å². The molecule has 2 N–H and O–H groups in total. The number of aliphatic hydroxyl groups excluding tert-OH is 1. The number of cyclic esters (lactones) is 1. The normalized spacial score (nSPS) is 30.8. The van der Waals surface area contributed by atoms with Gasteiger partial charge in [-0.05, 0) is 43.4 Å². The van der Waals surface area contributed by atoms with Crippen LogP contribution in [0.4, 0.5) is 5.69 Å². The molecular formula is C37H42ClN3O8. The average Bonchev–Trinajstić information content (AvgIpc) is 3.74. The fraction of sp³-hybridized carbons (Fsp3) is 0.459. The molecule has 2 saturated heterocycles. The molecule has 2 aromatic carbocycles. The van der Waals surface area contributed by atoms with Gasteiger partial charge in [-0.3, -0.25) is 19.2 Å². The number of benzene rings is 2. The fourth-order valence-electron chi connectivity index (χ4n) is 7.56. The summed E-state index contributed by atoms with van der Waals surface area (Å²) in [7, 11) is 1.51. The van der Waals surface area contributed by atoms with Crippen molar-refractivity contribution in [1.29, 1.82) is 0 Å². The van der Waals surface area contributed by atoms with E-state index in [1.165, 1.54) is 16.9 Å². The fourth-order valence-corrected chi connectivity index (χ4v) is 7.80. The minimum atomic E-state index is -1.42. The third-order valence-corrected chi connectivity index (χ3v) is 10.1. The average molecular weight is 692 g/mol. The summed E-state index contributed by atoms with van der Waals surface area (Å²) in [5, 5.41) is 12.7. The predicted octanol–water partition coefficient (Wildman–Crippen LogP) is 3.75. The number of rotatable bonds is 9. The zero-order chi connectivity index (χ0) is 34.5. The molecule has 0 radical (unpaired) electrons. The van der Waals surface area contributed by atoms with Gasteiger partial charge in [-0.1, -0.05) is 78.4 Å². The smallest absolute Gasteiger partial charge is 0.313 e. The molecule has 3 amide bonds. The molecule has 5 bridgehead atoms. The van der Waals surface area contributed by atoms with Crippen LogP contribution in [0, 0.1) is 11.8 Å². The van der Waals surface area contributed by atoms with Gasteiger partial charge >= 0.3 is 5.97 Å². The number of nitrogens with zero attached hydrogens (tertiary/aromatic N) is 2. The van der Waals surface area contributed by atoms with Gasteiger partial charge in [0, 0.05) is 33.2 Å². The molecule has 0 aromatic heterocycles. The number of amides is 3. The number of allylic oxidation sites excluding steroid dienone is 1. The van der Waals surface area contributed by atoms with E-state index in [0.717, 1.165) is 0 Å². The Morgan fingerprint density at radius 1 is 1.00 bits per heavy atom. The van der Waals surface area contributed by atoms with Gasteiger partial charge in [0.05, 0.1) is 35.4 Å². The molecule has 4 heterocycles. The van der Waals surface area contributed by atoms with Crippen LogP contribution in [0.2, 0.25) is 5.02 Å². The second-order valence-corrected chi connectivity index (χ2v) is 13.2. The number of halogens is 1. The number of fused-ring (bicyclic) bond motifs is 2. The summed E-state index contributed by atoms with van der Waals surface area (Å²) in [5.74, 6) is -3.76. The largest absolute Gasteiger partial charge is 0.455 e. The third kappa shape index (κ3) is 6.77. The Morgan fingerprint density at radius 3 is 2.53 bits per heavy atom. The first kappa shape index (κ1) is 34.8. The van der Waals surface area contributed by atoms with E-state index in [0.29, 0.717) is 42.0 Å². The van der Waals surface area contributed by atoms with Gasteiger partial charge in [-0.15, -0.1) is 0 Å². The molecule has 4 aliphatic rings. The lowest BCUT2D eigenvalue weighted by Gasteiger charge is -2.36. The van der Waals surface area contributed by atoms with Crippen LogP contribution in [-0.4, -0.2) is 90.9 Å². The van der Waals surface area contributed by atoms with E-state index in [9.17, 15) is 24.3 Å². The van der Waals surface area contributed by atoms with E-state index < -0.39 is 53.6 Å². The summed E-state index contributed by atoms with van der Waals surface area (Å²) in [4.78, 5) is 60.0. The van der Waals surface area contributed by atoms with Crippen LogP contribution < -0.4 is 10.2 Å². The third-order valence-electron chi connectivity index (χ3n) is 9.77. The number of hydrogen-bond donors (Lipinski definition) is 2. The van der Waals surface area contributed by atoms with Gasteiger partial charge in [-0.2, -0.15) is 0 Å². The van der Waals surface area contributed by atoms with Crippen LogP contribution in [0.25, 0.3) is 0 Å². The van der Waals surface area contributed by atoms with Crippen LogP contribution >= 0.6 is 11.6 Å². The molecule has 11 nitrogen and oxygen atoms in total. The maximum atomic E-state index is 14.9. The Kier molecular flexibility index (Phi) is 10.8. The van der Waals surface area contributed by atoms with Crippen molar-refractivity contribution in [2.75, 3.05) is 38.3 Å². The second-order valence-electron chi connectivity index (χ2n) is 12.8. The molecule has 260 valence electrons. The van der Waals surface area contributed by atoms with Gasteiger partial charge in [0.2, 0.25) is 11.8 Å². The highest BCUT2D eigenvalue weighted by Crippen LogP contribution is 2.56. The van der Waals surface area contributed by atoms with Crippen molar-refractivity contribution >= 4 is 41.0 Å². The number of methoxy groups -OCH3 is 1. The molecule has 0 saturated carbocycles. The summed E-state index contributed by atoms with van der Waals surface area (Å²) >= 11 is 6.64. The predicted molar refractivity (Wildman–Crippen MR) is 181 cm³/mol. The van der Waals surface area contributed by atoms with E-state index in [2.05, 4.69) is 5.32 Å². The first-order chi connectivity index (χ1) is 23.8. The minimum Gasteiger partial charge on any atom is -0.455 e. The number of anilines is 1. The lowest BCUT2D eigenvalue weighted by atomic mass is 9.74. The molecule has 4 aliphatic heterocycles. The molecule has 12 heteroatoms. The Morgan fingerprint density at radius 2 is 1.78 bits per heavy atom. The zero-order valence-electron chi connectivity index (χ0n) is 27.4. The minimum absolute atomic E-state index is 0.0179. The van der Waals surface area contributed by atoms with Crippen molar-refractivity contribution in [3.63, 3.8) is 0 Å². The Labute approximate surface area is 290 Å². The molecule has 7 atom stereocenters. The number of esters is 1. The van der Waals surface area contributed by atoms with Crippen molar-refractivity contribution in [2.24, 2.45) is 11.8 Å². The van der Waals surface area contributed by atoms with Crippen LogP contribution in [0.1, 0.15) is 43.8 Å². The van der Waals surface area contributed by atoms with Crippen molar-refractivity contribution in [1.82, 2.24) is 10.2 Å². The number of para-hydroxylation sites is 1. The van der Waals surface area contributed by atoms with Crippen LogP contribution in [0.3, 0.4) is 0 Å². The van der Waals surface area contributed by atoms with Crippen molar-refractivity contribution in [3.8, 4) is 0 Å². The highest BCUT2D eigenvalue weighted by atomic mass is 35.5. The summed E-state index contributed by atoms with van der Waals surface area (Å²) in [6, 6.07) is 14.3. The van der Waals surface area contributed by atoms with Gasteiger partial charge in [0.25, 0.3) is 5.91 Å². The Hall–Kier alpha value is -4.03. The number of ether oxygens (including phenoxy) is 3. The summed E-state index contributed by atoms with van der Waals surface area (Å²) in [5.41, 5.74) is -0.307. The standard InChI is InChI=1S/C37H42ClN3O8/c1-47-23-26-32(24-13-5-2-6-14-24)48-36(46)30-28-18-19-37(49-28)31(30)34(44)41(21-11-4-12-22-42)33(37)35(45)40(27-16-9-8-15-25(27)38)20-10-3-7-17-29(43)39-26/h2-3,5-6,8-10,13-16,18-19,26,28,30-33,42H,4,7,11-12,17,20-23H2,1H3,(H,39,43)/b10-3-/t26-,28+,30-,31-,32-,33+,37-/m1/s1. The second kappa shape index (κ2) is 15.2. The van der Waals surface area contributed by atoms with E-state index in [1.807, 2.05) is 42.5 Å². The van der Waals surface area contributed by atoms with E-state index >= 15 is 0 Å². The molecular weight excluding hydrogens is 650 g/mol. The van der Waals surface area contributed by atoms with Gasteiger partial charge < -0.3 is 34.4 Å². The van der Waals surface area contributed by atoms with E-state index in [-0.39, 0.29) is 44.5 Å².